The average Bonchev–Trinajstić information content (AvgIpc) is 3.06. The van der Waals surface area contributed by atoms with Crippen LogP contribution in [0.3, 0.4) is 0 Å². The summed E-state index contributed by atoms with van der Waals surface area (Å²) in [4.78, 5) is 8.43. The minimum absolute atomic E-state index is 0.520. The molecule has 0 unspecified atom stereocenters. The van der Waals surface area contributed by atoms with Gasteiger partial charge in [0.15, 0.2) is 0 Å². The Hall–Kier alpha value is -1.27. The highest BCUT2D eigenvalue weighted by molar-refractivity contribution is 7.09. The van der Waals surface area contributed by atoms with E-state index in [-0.39, 0.29) is 0 Å². The van der Waals surface area contributed by atoms with Gasteiger partial charge in [0.25, 0.3) is 0 Å². The molecule has 1 fully saturated rings. The Bertz CT molecular complexity index is 681. The second-order valence-corrected chi connectivity index (χ2v) is 8.14. The maximum Gasteiger partial charge on any atom is 0.133 e. The van der Waals surface area contributed by atoms with E-state index in [4.69, 9.17) is 0 Å². The van der Waals surface area contributed by atoms with E-state index in [0.29, 0.717) is 5.41 Å². The van der Waals surface area contributed by atoms with Gasteiger partial charge >= 0.3 is 0 Å². The van der Waals surface area contributed by atoms with Crippen molar-refractivity contribution in [3.05, 3.63) is 27.7 Å². The molecule has 1 saturated heterocycles. The number of hydrogen-bond acceptors (Lipinski definition) is 5. The molecular formula is C17H25N5S. The van der Waals surface area contributed by atoms with E-state index in [1.807, 2.05) is 5.51 Å². The van der Waals surface area contributed by atoms with Gasteiger partial charge in [-0.05, 0) is 58.0 Å². The first-order valence-electron chi connectivity index (χ1n) is 8.65. The van der Waals surface area contributed by atoms with E-state index in [1.165, 1.54) is 55.2 Å². The molecule has 2 aromatic heterocycles. The number of nitrogens with zero attached hydrogens (tertiary/aromatic N) is 5. The average molecular weight is 331 g/mol. The summed E-state index contributed by atoms with van der Waals surface area (Å²) in [6.07, 6.45) is 6.30. The lowest BCUT2D eigenvalue weighted by Crippen LogP contribution is -2.40. The zero-order chi connectivity index (χ0) is 15.9. The van der Waals surface area contributed by atoms with Crippen molar-refractivity contribution in [3.8, 4) is 0 Å². The van der Waals surface area contributed by atoms with Gasteiger partial charge in [-0.2, -0.15) is 0 Å². The summed E-state index contributed by atoms with van der Waals surface area (Å²) in [5.41, 5.74) is 3.70. The summed E-state index contributed by atoms with van der Waals surface area (Å²) in [5.74, 6) is 2.28. The van der Waals surface area contributed by atoms with Gasteiger partial charge in [0.05, 0.1) is 11.2 Å². The van der Waals surface area contributed by atoms with Crippen LogP contribution in [0, 0.1) is 19.3 Å². The van der Waals surface area contributed by atoms with Crippen LogP contribution in [-0.4, -0.2) is 37.7 Å². The quantitative estimate of drug-likeness (QED) is 0.849. The molecule has 4 heterocycles. The Morgan fingerprint density at radius 1 is 1.09 bits per heavy atom. The summed E-state index contributed by atoms with van der Waals surface area (Å²) in [7, 11) is 0. The van der Waals surface area contributed by atoms with Crippen LogP contribution in [0.2, 0.25) is 0 Å². The van der Waals surface area contributed by atoms with Crippen molar-refractivity contribution in [3.63, 3.8) is 0 Å². The molecule has 23 heavy (non-hydrogen) atoms. The van der Waals surface area contributed by atoms with E-state index in [1.54, 1.807) is 11.3 Å². The zero-order valence-corrected chi connectivity index (χ0v) is 14.9. The topological polar surface area (TPSA) is 46.8 Å². The molecule has 2 aromatic rings. The van der Waals surface area contributed by atoms with Gasteiger partial charge in [-0.15, -0.1) is 21.5 Å². The summed E-state index contributed by atoms with van der Waals surface area (Å²) in [5, 5.41) is 8.60. The summed E-state index contributed by atoms with van der Waals surface area (Å²) < 4.78 is 2.34. The fraction of sp³-hybridized carbons (Fsp3) is 0.706. The Morgan fingerprint density at radius 2 is 1.87 bits per heavy atom. The molecular weight excluding hydrogens is 306 g/mol. The van der Waals surface area contributed by atoms with E-state index in [9.17, 15) is 0 Å². The number of piperidine rings is 1. The van der Waals surface area contributed by atoms with Gasteiger partial charge < -0.3 is 4.57 Å². The van der Waals surface area contributed by atoms with Crippen molar-refractivity contribution in [1.29, 1.82) is 0 Å². The predicted molar refractivity (Wildman–Crippen MR) is 91.5 cm³/mol. The van der Waals surface area contributed by atoms with Crippen molar-refractivity contribution in [2.24, 2.45) is 5.41 Å². The molecule has 0 aliphatic carbocycles. The summed E-state index contributed by atoms with van der Waals surface area (Å²) >= 11 is 1.80. The molecule has 0 N–H and O–H groups in total. The van der Waals surface area contributed by atoms with Crippen LogP contribution in [-0.2, 0) is 19.5 Å². The van der Waals surface area contributed by atoms with Crippen molar-refractivity contribution >= 4 is 11.3 Å². The molecule has 0 atom stereocenters. The normalized spacial score (nSPS) is 21.3. The summed E-state index contributed by atoms with van der Waals surface area (Å²) in [6, 6.07) is 0. The second kappa shape index (κ2) is 5.98. The fourth-order valence-corrected chi connectivity index (χ4v) is 4.94. The van der Waals surface area contributed by atoms with Crippen LogP contribution in [0.4, 0.5) is 0 Å². The predicted octanol–water partition coefficient (Wildman–Crippen LogP) is 2.97. The lowest BCUT2D eigenvalue weighted by atomic mass is 9.73. The molecule has 0 aromatic carbocycles. The fourth-order valence-electron chi connectivity index (χ4n) is 4.12. The van der Waals surface area contributed by atoms with Gasteiger partial charge in [0.1, 0.15) is 11.6 Å². The standard InChI is InChI=1S/C17H25N5S/c1-13-15(23-12-18-13)11-21-8-5-17(6-9-21)4-3-16-20-19-14(2)22(16)10-7-17/h12H,3-11H2,1-2H3. The van der Waals surface area contributed by atoms with Crippen molar-refractivity contribution < 1.29 is 0 Å². The minimum atomic E-state index is 0.520. The van der Waals surface area contributed by atoms with Gasteiger partial charge in [-0.1, -0.05) is 0 Å². The molecule has 0 saturated carbocycles. The van der Waals surface area contributed by atoms with Crippen molar-refractivity contribution in [2.75, 3.05) is 13.1 Å². The van der Waals surface area contributed by atoms with Crippen molar-refractivity contribution in [2.45, 2.75) is 59.0 Å². The molecule has 0 radical (unpaired) electrons. The maximum absolute atomic E-state index is 4.38. The molecule has 2 aliphatic rings. The lowest BCUT2D eigenvalue weighted by Gasteiger charge is -2.41. The van der Waals surface area contributed by atoms with E-state index in [0.717, 1.165) is 25.3 Å². The molecule has 2 aliphatic heterocycles. The third-order valence-corrected chi connectivity index (χ3v) is 6.81. The highest BCUT2D eigenvalue weighted by Crippen LogP contribution is 2.42. The Kier molecular flexibility index (Phi) is 3.97. The van der Waals surface area contributed by atoms with E-state index in [2.05, 4.69) is 38.5 Å². The molecule has 6 heteroatoms. The number of hydrogen-bond donors (Lipinski definition) is 0. The van der Waals surface area contributed by atoms with E-state index < -0.39 is 0 Å². The van der Waals surface area contributed by atoms with Gasteiger partial charge in [-0.25, -0.2) is 4.98 Å². The van der Waals surface area contributed by atoms with Gasteiger partial charge in [0, 0.05) is 24.4 Å². The first-order chi connectivity index (χ1) is 11.2. The minimum Gasteiger partial charge on any atom is -0.315 e. The largest absolute Gasteiger partial charge is 0.315 e. The van der Waals surface area contributed by atoms with Crippen LogP contribution >= 0.6 is 11.3 Å². The van der Waals surface area contributed by atoms with Crippen molar-refractivity contribution in [1.82, 2.24) is 24.6 Å². The number of aromatic nitrogens is 4. The third-order valence-electron chi connectivity index (χ3n) is 5.89. The number of fused-ring (bicyclic) bond motifs is 1. The molecule has 5 nitrogen and oxygen atoms in total. The van der Waals surface area contributed by atoms with Crippen LogP contribution in [0.5, 0.6) is 0 Å². The highest BCUT2D eigenvalue weighted by atomic mass is 32.1. The van der Waals surface area contributed by atoms with Crippen LogP contribution in [0.1, 0.15) is 47.9 Å². The third kappa shape index (κ3) is 2.94. The SMILES string of the molecule is Cc1ncsc1CN1CCC2(CCc3nnc(C)n3CC2)CC1. The van der Waals surface area contributed by atoms with Crippen LogP contribution in [0.25, 0.3) is 0 Å². The molecule has 0 amide bonds. The number of aryl methyl sites for hydroxylation is 3. The van der Waals surface area contributed by atoms with Gasteiger partial charge in [0.2, 0.25) is 0 Å². The molecule has 4 rings (SSSR count). The number of rotatable bonds is 2. The summed E-state index contributed by atoms with van der Waals surface area (Å²) in [6.45, 7) is 8.82. The maximum atomic E-state index is 4.38. The van der Waals surface area contributed by atoms with Crippen LogP contribution in [0.15, 0.2) is 5.51 Å². The number of likely N-dealkylation sites (tertiary alicyclic amines) is 1. The molecule has 0 bridgehead atoms. The lowest BCUT2D eigenvalue weighted by molar-refractivity contribution is 0.0830. The zero-order valence-electron chi connectivity index (χ0n) is 14.1. The second-order valence-electron chi connectivity index (χ2n) is 7.20. The highest BCUT2D eigenvalue weighted by Gasteiger charge is 2.36. The molecule has 124 valence electrons. The van der Waals surface area contributed by atoms with Gasteiger partial charge in [-0.3, -0.25) is 4.90 Å². The Morgan fingerprint density at radius 3 is 2.61 bits per heavy atom. The smallest absolute Gasteiger partial charge is 0.133 e. The van der Waals surface area contributed by atoms with E-state index >= 15 is 0 Å². The monoisotopic (exact) mass is 331 g/mol. The molecule has 1 spiro atoms. The van der Waals surface area contributed by atoms with Crippen LogP contribution < -0.4 is 0 Å². The first-order valence-corrected chi connectivity index (χ1v) is 9.53. The Balaban J connectivity index is 1.38. The Labute approximate surface area is 141 Å². The number of thiazole rings is 1. The first kappa shape index (κ1) is 15.3.